The summed E-state index contributed by atoms with van der Waals surface area (Å²) < 4.78 is 15.2. The number of hydrogen-bond donors (Lipinski definition) is 0. The number of Topliss-reactive ketones (excluding diaryl/α,β-unsaturated/α-hetero) is 1. The lowest BCUT2D eigenvalue weighted by Crippen LogP contribution is -2.45. The van der Waals surface area contributed by atoms with Crippen molar-refractivity contribution in [3.05, 3.63) is 54.0 Å². The van der Waals surface area contributed by atoms with Gasteiger partial charge in [0.05, 0.1) is 18.1 Å². The molecule has 1 saturated heterocycles. The average molecular weight is 465 g/mol. The molecule has 34 heavy (non-hydrogen) atoms. The Morgan fingerprint density at radius 1 is 1.03 bits per heavy atom. The van der Waals surface area contributed by atoms with Crippen molar-refractivity contribution in [1.29, 1.82) is 0 Å². The molecule has 0 N–H and O–H groups in total. The maximum absolute atomic E-state index is 12.9. The van der Waals surface area contributed by atoms with Gasteiger partial charge in [0.25, 0.3) is 0 Å². The van der Waals surface area contributed by atoms with Gasteiger partial charge in [-0.15, -0.1) is 0 Å². The lowest BCUT2D eigenvalue weighted by Gasteiger charge is -2.22. The van der Waals surface area contributed by atoms with E-state index in [4.69, 9.17) is 13.9 Å². The van der Waals surface area contributed by atoms with Crippen molar-refractivity contribution >= 4 is 29.5 Å². The van der Waals surface area contributed by atoms with Crippen LogP contribution >= 0.6 is 0 Å². The van der Waals surface area contributed by atoms with E-state index in [1.54, 1.807) is 6.07 Å². The number of nitrogens with zero attached hydrogens (tertiary/aromatic N) is 1. The zero-order chi connectivity index (χ0) is 24.0. The van der Waals surface area contributed by atoms with Crippen molar-refractivity contribution in [1.82, 2.24) is 4.90 Å². The summed E-state index contributed by atoms with van der Waals surface area (Å²) in [6.07, 6.45) is 4.17. The van der Waals surface area contributed by atoms with E-state index in [-0.39, 0.29) is 52.6 Å². The average Bonchev–Trinajstić information content (AvgIpc) is 3.62. The number of ketones is 1. The number of rotatable bonds is 7. The fourth-order valence-corrected chi connectivity index (χ4v) is 5.52. The van der Waals surface area contributed by atoms with Crippen LogP contribution in [0, 0.1) is 23.7 Å². The van der Waals surface area contributed by atoms with E-state index in [2.05, 4.69) is 0 Å². The zero-order valence-corrected chi connectivity index (χ0v) is 18.5. The molecule has 2 heterocycles. The van der Waals surface area contributed by atoms with Crippen molar-refractivity contribution in [3.8, 4) is 5.75 Å². The topological polar surface area (TPSA) is 120 Å². The molecule has 5 atom stereocenters. The van der Waals surface area contributed by atoms with Crippen molar-refractivity contribution in [2.75, 3.05) is 6.61 Å². The Hall–Kier alpha value is -3.75. The number of carbonyl (C=O) groups is 5. The number of carbonyl (C=O) groups excluding carboxylic acids is 5. The standard InChI is InChI=1S/C25H23NO8/c1-13(26-22(28)20-15-4-5-16(11-15)21(20)23(26)29)24(30)33-12-18(27)14-6-8-17(9-7-14)34-25(31)19-3-2-10-32-19/h2-3,6-10,13,15-16,20-21H,4-5,11-12H2,1H3. The first-order valence-corrected chi connectivity index (χ1v) is 11.3. The summed E-state index contributed by atoms with van der Waals surface area (Å²) in [5, 5.41) is 0. The first kappa shape index (κ1) is 22.1. The van der Waals surface area contributed by atoms with Crippen LogP contribution in [0.4, 0.5) is 0 Å². The van der Waals surface area contributed by atoms with Gasteiger partial charge in [-0.1, -0.05) is 0 Å². The summed E-state index contributed by atoms with van der Waals surface area (Å²) >= 11 is 0. The Kier molecular flexibility index (Phi) is 5.55. The van der Waals surface area contributed by atoms with Gasteiger partial charge in [-0.2, -0.15) is 0 Å². The molecule has 2 aliphatic carbocycles. The summed E-state index contributed by atoms with van der Waals surface area (Å²) in [4.78, 5) is 63.7. The third-order valence-corrected chi connectivity index (χ3v) is 7.14. The molecule has 1 aromatic heterocycles. The molecule has 0 radical (unpaired) electrons. The quantitative estimate of drug-likeness (QED) is 0.265. The molecule has 1 aromatic carbocycles. The molecule has 3 fully saturated rings. The Balaban J connectivity index is 1.15. The number of esters is 2. The van der Waals surface area contributed by atoms with E-state index in [1.165, 1.54) is 43.5 Å². The Morgan fingerprint density at radius 3 is 2.26 bits per heavy atom. The van der Waals surface area contributed by atoms with Gasteiger partial charge in [-0.3, -0.25) is 19.3 Å². The largest absolute Gasteiger partial charge is 0.457 e. The molecule has 2 amide bonds. The van der Waals surface area contributed by atoms with Crippen LogP contribution in [0.15, 0.2) is 47.1 Å². The lowest BCUT2D eigenvalue weighted by molar-refractivity contribution is -0.157. The highest BCUT2D eigenvalue weighted by molar-refractivity contribution is 6.08. The molecular weight excluding hydrogens is 442 g/mol. The molecule has 9 nitrogen and oxygen atoms in total. The van der Waals surface area contributed by atoms with Gasteiger partial charge in [0.2, 0.25) is 17.6 Å². The van der Waals surface area contributed by atoms with Crippen LogP contribution in [-0.2, 0) is 19.1 Å². The number of imide groups is 1. The maximum Gasteiger partial charge on any atom is 0.379 e. The third-order valence-electron chi connectivity index (χ3n) is 7.14. The second kappa shape index (κ2) is 8.55. The molecule has 3 aliphatic rings. The minimum atomic E-state index is -1.08. The van der Waals surface area contributed by atoms with Gasteiger partial charge in [-0.05, 0) is 74.4 Å². The predicted molar refractivity (Wildman–Crippen MR) is 115 cm³/mol. The van der Waals surface area contributed by atoms with E-state index >= 15 is 0 Å². The van der Waals surface area contributed by atoms with Crippen LogP contribution in [0.25, 0.3) is 0 Å². The lowest BCUT2D eigenvalue weighted by atomic mass is 9.81. The molecule has 9 heteroatoms. The van der Waals surface area contributed by atoms with Gasteiger partial charge >= 0.3 is 11.9 Å². The van der Waals surface area contributed by atoms with Crippen LogP contribution in [0.2, 0.25) is 0 Å². The van der Waals surface area contributed by atoms with Gasteiger partial charge in [0, 0.05) is 5.56 Å². The maximum atomic E-state index is 12.9. The number of fused-ring (bicyclic) bond motifs is 5. The summed E-state index contributed by atoms with van der Waals surface area (Å²) in [7, 11) is 0. The van der Waals surface area contributed by atoms with E-state index in [0.717, 1.165) is 24.2 Å². The van der Waals surface area contributed by atoms with Crippen molar-refractivity contribution in [2.24, 2.45) is 23.7 Å². The summed E-state index contributed by atoms with van der Waals surface area (Å²) in [5.41, 5.74) is 0.248. The van der Waals surface area contributed by atoms with Crippen LogP contribution in [0.5, 0.6) is 5.75 Å². The third kappa shape index (κ3) is 3.70. The fraction of sp³-hybridized carbons (Fsp3) is 0.400. The highest BCUT2D eigenvalue weighted by Crippen LogP contribution is 2.56. The van der Waals surface area contributed by atoms with Crippen LogP contribution < -0.4 is 4.74 Å². The normalized spacial score (nSPS) is 25.9. The number of likely N-dealkylation sites (tertiary alicyclic amines) is 1. The van der Waals surface area contributed by atoms with Crippen molar-refractivity contribution in [2.45, 2.75) is 32.2 Å². The summed E-state index contributed by atoms with van der Waals surface area (Å²) in [6, 6.07) is 7.70. The molecule has 2 saturated carbocycles. The fourth-order valence-electron chi connectivity index (χ4n) is 5.52. The van der Waals surface area contributed by atoms with Gasteiger partial charge < -0.3 is 13.9 Å². The van der Waals surface area contributed by atoms with E-state index in [9.17, 15) is 24.0 Å². The molecule has 0 spiro atoms. The Morgan fingerprint density at radius 2 is 1.68 bits per heavy atom. The van der Waals surface area contributed by atoms with Crippen LogP contribution in [-0.4, -0.2) is 47.1 Å². The summed E-state index contributed by atoms with van der Waals surface area (Å²) in [5.74, 6) is -2.45. The number of benzene rings is 1. The van der Waals surface area contributed by atoms with Crippen molar-refractivity contribution in [3.63, 3.8) is 0 Å². The second-order valence-electron chi connectivity index (χ2n) is 9.03. The number of ether oxygens (including phenoxy) is 2. The highest BCUT2D eigenvalue weighted by atomic mass is 16.5. The van der Waals surface area contributed by atoms with E-state index in [0.29, 0.717) is 0 Å². The highest BCUT2D eigenvalue weighted by Gasteiger charge is 2.62. The van der Waals surface area contributed by atoms with Crippen molar-refractivity contribution < 1.29 is 37.9 Å². The molecule has 2 aromatic rings. The Bertz CT molecular complexity index is 1120. The predicted octanol–water partition coefficient (Wildman–Crippen LogP) is 2.64. The Labute approximate surface area is 195 Å². The molecule has 5 unspecified atom stereocenters. The molecule has 2 bridgehead atoms. The van der Waals surface area contributed by atoms with Gasteiger partial charge in [0.15, 0.2) is 12.4 Å². The molecule has 176 valence electrons. The first-order chi connectivity index (χ1) is 16.3. The minimum absolute atomic E-state index is 0.0485. The van der Waals surface area contributed by atoms with Crippen LogP contribution in [0.3, 0.4) is 0 Å². The molecule has 5 rings (SSSR count). The summed E-state index contributed by atoms with van der Waals surface area (Å²) in [6.45, 7) is 0.913. The minimum Gasteiger partial charge on any atom is -0.457 e. The van der Waals surface area contributed by atoms with E-state index < -0.39 is 30.4 Å². The van der Waals surface area contributed by atoms with E-state index in [1.807, 2.05) is 0 Å². The first-order valence-electron chi connectivity index (χ1n) is 11.3. The number of hydrogen-bond acceptors (Lipinski definition) is 8. The SMILES string of the molecule is CC(C(=O)OCC(=O)c1ccc(OC(=O)c2ccco2)cc1)N1C(=O)C2C3CCC(C3)C2C1=O. The smallest absolute Gasteiger partial charge is 0.379 e. The number of furan rings is 1. The van der Waals surface area contributed by atoms with Gasteiger partial charge in [-0.25, -0.2) is 9.59 Å². The van der Waals surface area contributed by atoms with Crippen LogP contribution in [0.1, 0.15) is 47.1 Å². The monoisotopic (exact) mass is 465 g/mol. The second-order valence-corrected chi connectivity index (χ2v) is 9.03. The van der Waals surface area contributed by atoms with Gasteiger partial charge in [0.1, 0.15) is 11.8 Å². The zero-order valence-electron chi connectivity index (χ0n) is 18.5. The molecule has 1 aliphatic heterocycles. The number of amides is 2. The molecular formula is C25H23NO8.